The quantitative estimate of drug-likeness (QED) is 0.332. The first-order valence-electron chi connectivity index (χ1n) is 11.0. The summed E-state index contributed by atoms with van der Waals surface area (Å²) in [5.74, 6) is -1.15. The highest BCUT2D eigenvalue weighted by Gasteiger charge is 2.62. The number of nitrogens with zero attached hydrogens (tertiary/aromatic N) is 3. The predicted molar refractivity (Wildman–Crippen MR) is 131 cm³/mol. The van der Waals surface area contributed by atoms with Crippen molar-refractivity contribution in [2.45, 2.75) is 30.1 Å². The number of nitrogens with one attached hydrogen (secondary N) is 3. The molecule has 0 radical (unpaired) electrons. The number of nitriles is 1. The number of hydrogen-bond donors (Lipinski definition) is 5. The van der Waals surface area contributed by atoms with Gasteiger partial charge in [0.05, 0.1) is 16.9 Å². The van der Waals surface area contributed by atoms with Gasteiger partial charge >= 0.3 is 0 Å². The van der Waals surface area contributed by atoms with E-state index >= 15 is 4.39 Å². The summed E-state index contributed by atoms with van der Waals surface area (Å²) in [6.07, 6.45) is 4.24. The third kappa shape index (κ3) is 3.69. The van der Waals surface area contributed by atoms with E-state index in [2.05, 4.69) is 20.6 Å². The first-order chi connectivity index (χ1) is 16.6. The van der Waals surface area contributed by atoms with Crippen molar-refractivity contribution >= 4 is 38.8 Å². The van der Waals surface area contributed by atoms with E-state index in [1.54, 1.807) is 25.3 Å². The molecule has 1 saturated heterocycles. The van der Waals surface area contributed by atoms with Gasteiger partial charge in [-0.3, -0.25) is 19.5 Å². The highest BCUT2D eigenvalue weighted by Crippen LogP contribution is 2.66. The maximum atomic E-state index is 15.1. The first-order valence-corrected chi connectivity index (χ1v) is 12.8. The SMILES string of the molecule is C[C@@]1(c2cc(Nc3nccc4cc(C#N)cnc34)ccc2F)CS(O)(O)[C@@](CF)(C2CC2)C(=N)N1. The second-order valence-electron chi connectivity index (χ2n) is 9.33. The summed E-state index contributed by atoms with van der Waals surface area (Å²) < 4.78 is 49.7. The van der Waals surface area contributed by atoms with Gasteiger partial charge in [0.25, 0.3) is 0 Å². The van der Waals surface area contributed by atoms with Gasteiger partial charge in [0.15, 0.2) is 5.82 Å². The fraction of sp³-hybridized carbons (Fsp3) is 0.333. The minimum absolute atomic E-state index is 0.107. The van der Waals surface area contributed by atoms with Gasteiger partial charge in [-0.25, -0.2) is 13.8 Å². The minimum atomic E-state index is -3.60. The number of alkyl halides is 1. The molecule has 3 aromatic rings. The monoisotopic (exact) mass is 498 g/mol. The summed E-state index contributed by atoms with van der Waals surface area (Å²) in [5.41, 5.74) is 0.148. The van der Waals surface area contributed by atoms with E-state index < -0.39 is 33.4 Å². The Morgan fingerprint density at radius 1 is 1.29 bits per heavy atom. The third-order valence-corrected chi connectivity index (χ3v) is 9.68. The Bertz CT molecular complexity index is 1390. The summed E-state index contributed by atoms with van der Waals surface area (Å²) in [4.78, 5) is 8.62. The zero-order valence-corrected chi connectivity index (χ0v) is 19.7. The predicted octanol–water partition coefficient (Wildman–Crippen LogP) is 5.05. The van der Waals surface area contributed by atoms with Crippen molar-refractivity contribution in [2.24, 2.45) is 5.92 Å². The minimum Gasteiger partial charge on any atom is -0.361 e. The van der Waals surface area contributed by atoms with Crippen LogP contribution in [-0.4, -0.2) is 42.1 Å². The van der Waals surface area contributed by atoms with Crippen LogP contribution in [-0.2, 0) is 5.54 Å². The lowest BCUT2D eigenvalue weighted by Crippen LogP contribution is -2.66. The van der Waals surface area contributed by atoms with Crippen LogP contribution >= 0.6 is 10.6 Å². The largest absolute Gasteiger partial charge is 0.361 e. The van der Waals surface area contributed by atoms with E-state index in [0.29, 0.717) is 40.8 Å². The summed E-state index contributed by atoms with van der Waals surface area (Å²) in [5, 5.41) is 24.4. The van der Waals surface area contributed by atoms with Gasteiger partial charge in [0.2, 0.25) is 0 Å². The normalized spacial score (nSPS) is 26.6. The first kappa shape index (κ1) is 23.4. The van der Waals surface area contributed by atoms with Gasteiger partial charge in [-0.2, -0.15) is 15.9 Å². The molecule has 35 heavy (non-hydrogen) atoms. The Morgan fingerprint density at radius 3 is 2.71 bits per heavy atom. The molecular formula is C24H24F2N6O2S. The van der Waals surface area contributed by atoms with Crippen molar-refractivity contribution in [3.8, 4) is 6.07 Å². The van der Waals surface area contributed by atoms with Gasteiger partial charge in [-0.15, -0.1) is 0 Å². The number of pyridine rings is 2. The van der Waals surface area contributed by atoms with Crippen molar-refractivity contribution in [1.82, 2.24) is 15.3 Å². The Labute approximate surface area is 202 Å². The molecule has 1 aromatic carbocycles. The van der Waals surface area contributed by atoms with Crippen molar-refractivity contribution in [3.63, 3.8) is 0 Å². The van der Waals surface area contributed by atoms with Crippen LogP contribution in [0.1, 0.15) is 30.9 Å². The summed E-state index contributed by atoms with van der Waals surface area (Å²) >= 11 is 0. The van der Waals surface area contributed by atoms with Gasteiger partial charge in [0, 0.05) is 29.0 Å². The van der Waals surface area contributed by atoms with Crippen LogP contribution in [0.3, 0.4) is 0 Å². The van der Waals surface area contributed by atoms with Gasteiger partial charge < -0.3 is 10.6 Å². The number of aromatic nitrogens is 2. The molecule has 0 unspecified atom stereocenters. The number of rotatable bonds is 5. The van der Waals surface area contributed by atoms with Gasteiger partial charge in [-0.1, -0.05) is 0 Å². The van der Waals surface area contributed by atoms with Crippen molar-refractivity contribution in [2.75, 3.05) is 17.7 Å². The van der Waals surface area contributed by atoms with E-state index in [-0.39, 0.29) is 23.1 Å². The number of anilines is 2. The molecule has 0 spiro atoms. The van der Waals surface area contributed by atoms with Crippen LogP contribution in [0.25, 0.3) is 10.9 Å². The Morgan fingerprint density at radius 2 is 2.06 bits per heavy atom. The molecule has 2 fully saturated rings. The lowest BCUT2D eigenvalue weighted by molar-refractivity contribution is 0.323. The fourth-order valence-electron chi connectivity index (χ4n) is 4.92. The Balaban J connectivity index is 1.50. The molecule has 11 heteroatoms. The van der Waals surface area contributed by atoms with Crippen LogP contribution in [0.15, 0.2) is 42.7 Å². The number of hydrogen-bond acceptors (Lipinski definition) is 7. The summed E-state index contributed by atoms with van der Waals surface area (Å²) in [7, 11) is -3.60. The van der Waals surface area contributed by atoms with E-state index in [0.717, 1.165) is 0 Å². The van der Waals surface area contributed by atoms with Crippen LogP contribution in [0.4, 0.5) is 20.3 Å². The second kappa shape index (κ2) is 8.12. The Hall–Kier alpha value is -3.33. The highest BCUT2D eigenvalue weighted by molar-refractivity contribution is 8.26. The molecule has 2 atom stereocenters. The standard InChI is InChI=1S/C24H24F2N6O2S/c1-23(13-35(33,34)24(12-25,16-2-3-16)22(28)32-23)18-9-17(4-5-19(18)26)31-21-20-15(6-7-29-21)8-14(10-27)11-30-20/h4-9,11,16,33-34H,2-3,12-13H2,1H3,(H2,28,32)(H,29,31)/t23-,24-/m0/s1. The maximum absolute atomic E-state index is 15.1. The molecule has 5 N–H and O–H groups in total. The maximum Gasteiger partial charge on any atom is 0.156 e. The molecular weight excluding hydrogens is 474 g/mol. The average Bonchev–Trinajstić information content (AvgIpc) is 3.65. The highest BCUT2D eigenvalue weighted by atomic mass is 32.3. The average molecular weight is 499 g/mol. The molecule has 0 amide bonds. The van der Waals surface area contributed by atoms with Crippen LogP contribution in [0, 0.1) is 28.5 Å². The third-order valence-electron chi connectivity index (χ3n) is 6.88. The zero-order valence-electron chi connectivity index (χ0n) is 18.8. The van der Waals surface area contributed by atoms with Crippen molar-refractivity contribution in [3.05, 3.63) is 59.7 Å². The molecule has 1 aliphatic heterocycles. The molecule has 8 nitrogen and oxygen atoms in total. The van der Waals surface area contributed by atoms with E-state index in [1.165, 1.54) is 24.4 Å². The van der Waals surface area contributed by atoms with Gasteiger partial charge in [0.1, 0.15) is 34.7 Å². The second-order valence-corrected chi connectivity index (χ2v) is 11.7. The summed E-state index contributed by atoms with van der Waals surface area (Å²) in [6, 6.07) is 9.71. The van der Waals surface area contributed by atoms with E-state index in [4.69, 9.17) is 10.7 Å². The number of benzene rings is 1. The smallest absolute Gasteiger partial charge is 0.156 e. The number of amidine groups is 1. The molecule has 0 bridgehead atoms. The summed E-state index contributed by atoms with van der Waals surface area (Å²) in [6.45, 7) is 0.521. The molecule has 1 aliphatic carbocycles. The Kier molecular flexibility index (Phi) is 5.43. The number of fused-ring (bicyclic) bond motifs is 1. The molecule has 5 rings (SSSR count). The lowest BCUT2D eigenvalue weighted by Gasteiger charge is -2.58. The van der Waals surface area contributed by atoms with E-state index in [1.807, 2.05) is 6.07 Å². The number of halogens is 2. The zero-order chi connectivity index (χ0) is 25.0. The van der Waals surface area contributed by atoms with E-state index in [9.17, 15) is 13.5 Å². The molecule has 2 aromatic heterocycles. The van der Waals surface area contributed by atoms with Crippen molar-refractivity contribution < 1.29 is 17.9 Å². The fourth-order valence-corrected chi connectivity index (χ4v) is 7.53. The lowest BCUT2D eigenvalue weighted by atomic mass is 9.90. The van der Waals surface area contributed by atoms with Crippen LogP contribution in [0.5, 0.6) is 0 Å². The molecule has 182 valence electrons. The van der Waals surface area contributed by atoms with Gasteiger partial charge in [-0.05, 0) is 56.0 Å². The molecule has 1 saturated carbocycles. The van der Waals surface area contributed by atoms with Crippen LogP contribution < -0.4 is 10.6 Å². The molecule has 2 aliphatic rings. The van der Waals surface area contributed by atoms with Crippen LogP contribution in [0.2, 0.25) is 0 Å². The van der Waals surface area contributed by atoms with Crippen molar-refractivity contribution in [1.29, 1.82) is 10.7 Å². The molecule has 3 heterocycles. The topological polar surface area (TPSA) is 138 Å².